The van der Waals surface area contributed by atoms with Crippen LogP contribution < -0.4 is 28.4 Å². The predicted octanol–water partition coefficient (Wildman–Crippen LogP) is 8.73. The zero-order valence-electron chi connectivity index (χ0n) is 30.6. The number of rotatable bonds is 6. The Morgan fingerprint density at radius 3 is 2.06 bits per heavy atom. The summed E-state index contributed by atoms with van der Waals surface area (Å²) in [5.41, 5.74) is 8.22. The Balaban J connectivity index is 1.30. The minimum Gasteiger partial charge on any atom is -0.493 e. The summed E-state index contributed by atoms with van der Waals surface area (Å²) in [5.74, 6) is 5.38. The topological polar surface area (TPSA) is 61.9 Å². The molecule has 0 aromatic heterocycles. The van der Waals surface area contributed by atoms with Crippen LogP contribution in [0.3, 0.4) is 0 Å². The van der Waals surface area contributed by atoms with Crippen molar-refractivity contribution < 1.29 is 28.4 Å². The fourth-order valence-electron chi connectivity index (χ4n) is 7.96. The van der Waals surface area contributed by atoms with E-state index in [1.165, 1.54) is 22.3 Å². The van der Waals surface area contributed by atoms with E-state index in [9.17, 15) is 0 Å². The van der Waals surface area contributed by atoms with Gasteiger partial charge < -0.3 is 28.4 Å². The third kappa shape index (κ3) is 6.53. The van der Waals surface area contributed by atoms with Crippen molar-refractivity contribution in [3.63, 3.8) is 0 Å². The lowest BCUT2D eigenvalue weighted by molar-refractivity contribution is 0.220. The first-order chi connectivity index (χ1) is 25.4. The molecule has 268 valence electrons. The van der Waals surface area contributed by atoms with E-state index in [0.29, 0.717) is 53.3 Å². The van der Waals surface area contributed by atoms with Crippen molar-refractivity contribution in [2.75, 3.05) is 48.5 Å². The lowest BCUT2D eigenvalue weighted by Crippen LogP contribution is -2.34. The smallest absolute Gasteiger partial charge is 0.204 e. The summed E-state index contributed by atoms with van der Waals surface area (Å²) in [6.07, 6.45) is 3.32. The second-order valence-corrected chi connectivity index (χ2v) is 14.0. The fraction of sp³-hybridized carbons (Fsp3) is 0.318. The first-order valence-electron chi connectivity index (χ1n) is 18.1. The number of nitrogens with zero attached hydrogens (tertiary/aromatic N) is 2. The molecule has 5 aromatic carbocycles. The van der Waals surface area contributed by atoms with Gasteiger partial charge in [-0.1, -0.05) is 48.5 Å². The minimum absolute atomic E-state index is 0.0248. The van der Waals surface area contributed by atoms with Crippen molar-refractivity contribution in [2.24, 2.45) is 0 Å². The van der Waals surface area contributed by atoms with Gasteiger partial charge in [0.1, 0.15) is 12.4 Å². The largest absolute Gasteiger partial charge is 0.493 e. The minimum atomic E-state index is -0.0248. The van der Waals surface area contributed by atoms with Gasteiger partial charge in [0.25, 0.3) is 0 Å². The molecule has 2 atom stereocenters. The summed E-state index contributed by atoms with van der Waals surface area (Å²) in [5, 5.41) is 0. The summed E-state index contributed by atoms with van der Waals surface area (Å²) in [6.45, 7) is 2.28. The summed E-state index contributed by atoms with van der Waals surface area (Å²) in [4.78, 5) is 4.83. The predicted molar refractivity (Wildman–Crippen MR) is 202 cm³/mol. The molecule has 0 spiro atoms. The van der Waals surface area contributed by atoms with Crippen molar-refractivity contribution in [2.45, 2.75) is 44.4 Å². The Morgan fingerprint density at radius 1 is 0.635 bits per heavy atom. The molecule has 4 aliphatic heterocycles. The van der Waals surface area contributed by atoms with Gasteiger partial charge in [0.05, 0.1) is 21.3 Å². The number of hydrogen-bond acceptors (Lipinski definition) is 8. The zero-order valence-corrected chi connectivity index (χ0v) is 30.6. The molecule has 0 aliphatic carbocycles. The maximum atomic E-state index is 7.09. The average Bonchev–Trinajstić information content (AvgIpc) is 3.17. The fourth-order valence-corrected chi connectivity index (χ4v) is 7.96. The van der Waals surface area contributed by atoms with E-state index in [0.717, 1.165) is 54.8 Å². The van der Waals surface area contributed by atoms with Crippen LogP contribution in [-0.4, -0.2) is 58.3 Å². The molecule has 4 aliphatic rings. The van der Waals surface area contributed by atoms with Crippen LogP contribution in [-0.2, 0) is 32.3 Å². The highest BCUT2D eigenvalue weighted by molar-refractivity contribution is 5.64. The summed E-state index contributed by atoms with van der Waals surface area (Å²) >= 11 is 0. The maximum Gasteiger partial charge on any atom is 0.204 e. The molecule has 8 nitrogen and oxygen atoms in total. The molecule has 2 unspecified atom stereocenters. The van der Waals surface area contributed by atoms with E-state index in [2.05, 4.69) is 90.6 Å². The molecule has 5 aromatic rings. The molecular weight excluding hydrogens is 652 g/mol. The summed E-state index contributed by atoms with van der Waals surface area (Å²) in [7, 11) is 9.45. The third-order valence-electron chi connectivity index (χ3n) is 10.9. The van der Waals surface area contributed by atoms with Crippen molar-refractivity contribution >= 4 is 0 Å². The van der Waals surface area contributed by atoms with Gasteiger partial charge in [-0.3, -0.25) is 9.80 Å². The molecule has 9 rings (SSSR count). The van der Waals surface area contributed by atoms with Gasteiger partial charge in [-0.05, 0) is 116 Å². The van der Waals surface area contributed by atoms with Crippen molar-refractivity contribution in [3.05, 3.63) is 130 Å². The van der Waals surface area contributed by atoms with Crippen molar-refractivity contribution in [1.82, 2.24) is 9.80 Å². The monoisotopic (exact) mass is 698 g/mol. The second-order valence-electron chi connectivity index (χ2n) is 14.0. The standard InChI is InChI=1S/C44H46N2O6/c1-45-19-17-31-24-38(47-3)40-26-34(31)35(45)21-28-11-14-33(15-12-28)51-39-23-30(13-16-37(39)50-27-29-9-7-6-8-10-29)22-36-42-32(18-20-46(36)2)25-41(48-4)43(49-5)44(42)52-40/h6-16,23-26,35-36H,17-22,27H2,1-5H3. The zero-order chi connectivity index (χ0) is 35.8. The number of ether oxygens (including phenoxy) is 6. The summed E-state index contributed by atoms with van der Waals surface area (Å²) < 4.78 is 38.2. The molecule has 0 radical (unpaired) electrons. The van der Waals surface area contributed by atoms with Crippen LogP contribution in [0.1, 0.15) is 51.0 Å². The normalized spacial score (nSPS) is 18.2. The van der Waals surface area contributed by atoms with Crippen LogP contribution in [0.5, 0.6) is 46.0 Å². The highest BCUT2D eigenvalue weighted by atomic mass is 16.5. The number of benzene rings is 5. The Kier molecular flexibility index (Phi) is 9.43. The number of fused-ring (bicyclic) bond motifs is 2. The lowest BCUT2D eigenvalue weighted by Gasteiger charge is -2.37. The number of likely N-dealkylation sites (N-methyl/N-ethyl adjacent to an activating group) is 2. The van der Waals surface area contributed by atoms with E-state index >= 15 is 0 Å². The van der Waals surface area contributed by atoms with Crippen molar-refractivity contribution in [3.8, 4) is 46.0 Å². The molecular formula is C44H46N2O6. The molecule has 4 heterocycles. The number of methoxy groups -OCH3 is 3. The molecule has 0 fully saturated rings. The Labute approximate surface area is 306 Å². The van der Waals surface area contributed by atoms with Crippen LogP contribution >= 0.6 is 0 Å². The molecule has 0 N–H and O–H groups in total. The van der Waals surface area contributed by atoms with Gasteiger partial charge in [0.15, 0.2) is 34.5 Å². The lowest BCUT2D eigenvalue weighted by atomic mass is 9.87. The van der Waals surface area contributed by atoms with E-state index < -0.39 is 0 Å². The second kappa shape index (κ2) is 14.4. The first-order valence-corrected chi connectivity index (χ1v) is 18.1. The van der Waals surface area contributed by atoms with Crippen LogP contribution in [0, 0.1) is 0 Å². The number of hydrogen-bond donors (Lipinski definition) is 0. The Hall–Kier alpha value is -5.18. The first kappa shape index (κ1) is 33.9. The summed E-state index contributed by atoms with van der Waals surface area (Å²) in [6, 6.07) is 31.5. The van der Waals surface area contributed by atoms with Gasteiger partial charge >= 0.3 is 0 Å². The van der Waals surface area contributed by atoms with Crippen LogP contribution in [0.4, 0.5) is 0 Å². The van der Waals surface area contributed by atoms with Gasteiger partial charge in [-0.15, -0.1) is 0 Å². The average molecular weight is 699 g/mol. The molecule has 52 heavy (non-hydrogen) atoms. The highest BCUT2D eigenvalue weighted by Gasteiger charge is 2.34. The van der Waals surface area contributed by atoms with Crippen LogP contribution in [0.25, 0.3) is 0 Å². The van der Waals surface area contributed by atoms with Crippen LogP contribution in [0.2, 0.25) is 0 Å². The third-order valence-corrected chi connectivity index (χ3v) is 10.9. The van der Waals surface area contributed by atoms with E-state index in [4.69, 9.17) is 28.4 Å². The molecule has 0 saturated carbocycles. The van der Waals surface area contributed by atoms with E-state index in [-0.39, 0.29) is 12.1 Å². The molecule has 0 saturated heterocycles. The van der Waals surface area contributed by atoms with Crippen molar-refractivity contribution in [1.29, 1.82) is 0 Å². The molecule has 8 heteroatoms. The van der Waals surface area contributed by atoms with E-state index in [1.54, 1.807) is 21.3 Å². The van der Waals surface area contributed by atoms with Gasteiger partial charge in [0, 0.05) is 30.7 Å². The maximum absolute atomic E-state index is 7.09. The SMILES string of the molecule is COc1cc2c3cc1Oc1c(OC)c(OC)cc4c1C(Cc1ccc(OCc5ccccc5)c(c1)Oc1ccc(cc1)CC3N(C)CC2)N(C)CC4. The van der Waals surface area contributed by atoms with E-state index in [1.807, 2.05) is 24.3 Å². The van der Waals surface area contributed by atoms with Crippen LogP contribution in [0.15, 0.2) is 91.0 Å². The van der Waals surface area contributed by atoms with Gasteiger partial charge in [-0.25, -0.2) is 0 Å². The Morgan fingerprint density at radius 2 is 1.31 bits per heavy atom. The molecule has 6 bridgehead atoms. The highest BCUT2D eigenvalue weighted by Crippen LogP contribution is 2.52. The van der Waals surface area contributed by atoms with Gasteiger partial charge in [-0.2, -0.15) is 0 Å². The Bertz CT molecular complexity index is 2060. The quantitative estimate of drug-likeness (QED) is 0.175. The molecule has 0 amide bonds. The van der Waals surface area contributed by atoms with Gasteiger partial charge in [0.2, 0.25) is 5.75 Å².